The van der Waals surface area contributed by atoms with Crippen LogP contribution in [-0.2, 0) is 0 Å². The van der Waals surface area contributed by atoms with E-state index in [1.807, 2.05) is 18.2 Å². The van der Waals surface area contributed by atoms with Gasteiger partial charge in [-0.3, -0.25) is 0 Å². The van der Waals surface area contributed by atoms with Crippen LogP contribution in [0.4, 0.5) is 0 Å². The third-order valence-corrected chi connectivity index (χ3v) is 13.2. The Morgan fingerprint density at radius 3 is 1.67 bits per heavy atom. The molecular formula is C40H67NO3Si. The third-order valence-electron chi connectivity index (χ3n) is 8.86. The number of allylic oxidation sites excluding steroid dienone is 9. The van der Waals surface area contributed by atoms with Gasteiger partial charge in [0.05, 0.1) is 13.2 Å². The molecule has 1 aromatic rings. The predicted molar refractivity (Wildman–Crippen MR) is 200 cm³/mol. The quantitative estimate of drug-likeness (QED) is 0.0848. The highest BCUT2D eigenvalue weighted by Crippen LogP contribution is 2.40. The standard InChI is InChI=1S/C40H67NO3Si/c1-31(2)17-13-18-32(3)19-14-20-33(4)21-15-22-34(5)23-16-24-35(6)27-28-41-30-37(42)36-25-26-38(39(29-36)43-10)44-45(11,12)40(7,8)9/h17,19,21,23,25-27,29,37,41-42H,13-16,18,20,22,24,28,30H2,1-12H3/b32-19?,33-21?,34-23+,35-27+. The van der Waals surface area contributed by atoms with Crippen LogP contribution in [-0.4, -0.2) is 33.6 Å². The van der Waals surface area contributed by atoms with E-state index in [-0.39, 0.29) is 5.04 Å². The van der Waals surface area contributed by atoms with Gasteiger partial charge in [0.1, 0.15) is 5.75 Å². The zero-order chi connectivity index (χ0) is 34.0. The Hall–Kier alpha value is -2.34. The molecule has 0 amide bonds. The Kier molecular flexibility index (Phi) is 18.7. The molecule has 0 saturated heterocycles. The van der Waals surface area contributed by atoms with E-state index in [0.29, 0.717) is 12.3 Å². The van der Waals surface area contributed by atoms with Gasteiger partial charge in [-0.25, -0.2) is 0 Å². The highest BCUT2D eigenvalue weighted by molar-refractivity contribution is 6.74. The Bertz CT molecular complexity index is 1180. The van der Waals surface area contributed by atoms with Crippen LogP contribution in [0.25, 0.3) is 0 Å². The van der Waals surface area contributed by atoms with Crippen LogP contribution in [0.5, 0.6) is 11.5 Å². The van der Waals surface area contributed by atoms with E-state index in [4.69, 9.17) is 9.16 Å². The molecular weight excluding hydrogens is 571 g/mol. The van der Waals surface area contributed by atoms with Gasteiger partial charge in [-0.1, -0.05) is 85.1 Å². The molecule has 0 radical (unpaired) electrons. The van der Waals surface area contributed by atoms with Crippen molar-refractivity contribution in [2.75, 3.05) is 20.2 Å². The number of ether oxygens (including phenoxy) is 1. The van der Waals surface area contributed by atoms with Crippen molar-refractivity contribution in [1.82, 2.24) is 5.32 Å². The van der Waals surface area contributed by atoms with Crippen molar-refractivity contribution in [2.24, 2.45) is 0 Å². The van der Waals surface area contributed by atoms with Gasteiger partial charge in [-0.15, -0.1) is 0 Å². The van der Waals surface area contributed by atoms with Gasteiger partial charge in [0.25, 0.3) is 8.32 Å². The normalized spacial score (nSPS) is 14.4. The number of aliphatic hydroxyl groups excluding tert-OH is 1. The van der Waals surface area contributed by atoms with Gasteiger partial charge in [0.15, 0.2) is 5.75 Å². The number of rotatable bonds is 20. The Labute approximate surface area is 278 Å². The minimum absolute atomic E-state index is 0.0971. The Balaban J connectivity index is 2.41. The molecule has 1 unspecified atom stereocenters. The zero-order valence-corrected chi connectivity index (χ0v) is 32.0. The second-order valence-corrected chi connectivity index (χ2v) is 19.3. The van der Waals surface area contributed by atoms with Crippen molar-refractivity contribution in [3.63, 3.8) is 0 Å². The molecule has 0 aromatic heterocycles. The summed E-state index contributed by atoms with van der Waals surface area (Å²) in [5.74, 6) is 1.42. The minimum Gasteiger partial charge on any atom is -0.541 e. The second-order valence-electron chi connectivity index (χ2n) is 14.6. The van der Waals surface area contributed by atoms with Crippen LogP contribution < -0.4 is 14.5 Å². The summed E-state index contributed by atoms with van der Waals surface area (Å²) >= 11 is 0. The van der Waals surface area contributed by atoms with Crippen molar-refractivity contribution >= 4 is 8.32 Å². The maximum atomic E-state index is 10.8. The summed E-state index contributed by atoms with van der Waals surface area (Å²) in [6.45, 7) is 25.6. The fraction of sp³-hybridized carbons (Fsp3) is 0.600. The van der Waals surface area contributed by atoms with Crippen molar-refractivity contribution < 1.29 is 14.3 Å². The van der Waals surface area contributed by atoms with E-state index in [1.165, 1.54) is 34.3 Å². The van der Waals surface area contributed by atoms with E-state index in [1.54, 1.807) is 7.11 Å². The van der Waals surface area contributed by atoms with Crippen LogP contribution in [0, 0.1) is 0 Å². The Morgan fingerprint density at radius 2 is 1.22 bits per heavy atom. The lowest BCUT2D eigenvalue weighted by Crippen LogP contribution is -2.43. The summed E-state index contributed by atoms with van der Waals surface area (Å²) in [6, 6.07) is 5.77. The van der Waals surface area contributed by atoms with E-state index >= 15 is 0 Å². The van der Waals surface area contributed by atoms with Gasteiger partial charge in [0.2, 0.25) is 0 Å². The van der Waals surface area contributed by atoms with Crippen molar-refractivity contribution in [1.29, 1.82) is 0 Å². The van der Waals surface area contributed by atoms with Crippen molar-refractivity contribution in [3.05, 3.63) is 82.0 Å². The summed E-state index contributed by atoms with van der Waals surface area (Å²) in [4.78, 5) is 0. The Morgan fingerprint density at radius 1 is 0.756 bits per heavy atom. The number of methoxy groups -OCH3 is 1. The lowest BCUT2D eigenvalue weighted by atomic mass is 10.0. The predicted octanol–water partition coefficient (Wildman–Crippen LogP) is 11.6. The molecule has 0 fully saturated rings. The fourth-order valence-electron chi connectivity index (χ4n) is 4.62. The van der Waals surface area contributed by atoms with Crippen LogP contribution >= 0.6 is 0 Å². The number of nitrogens with one attached hydrogen (secondary N) is 1. The van der Waals surface area contributed by atoms with Crippen LogP contribution in [0.15, 0.2) is 76.4 Å². The molecule has 0 bridgehead atoms. The fourth-order valence-corrected chi connectivity index (χ4v) is 5.65. The topological polar surface area (TPSA) is 50.7 Å². The number of aliphatic hydroxyl groups is 1. The monoisotopic (exact) mass is 637 g/mol. The molecule has 0 spiro atoms. The smallest absolute Gasteiger partial charge is 0.250 e. The molecule has 0 aliphatic rings. The number of hydrogen-bond acceptors (Lipinski definition) is 4. The maximum Gasteiger partial charge on any atom is 0.250 e. The van der Waals surface area contributed by atoms with Gasteiger partial charge in [-0.2, -0.15) is 0 Å². The highest BCUT2D eigenvalue weighted by Gasteiger charge is 2.39. The van der Waals surface area contributed by atoms with Crippen LogP contribution in [0.2, 0.25) is 18.1 Å². The summed E-state index contributed by atoms with van der Waals surface area (Å²) in [7, 11) is -0.330. The van der Waals surface area contributed by atoms with Crippen molar-refractivity contribution in [3.8, 4) is 11.5 Å². The third kappa shape index (κ3) is 17.2. The van der Waals surface area contributed by atoms with E-state index in [0.717, 1.165) is 62.8 Å². The van der Waals surface area contributed by atoms with Crippen LogP contribution in [0.3, 0.4) is 0 Å². The van der Waals surface area contributed by atoms with E-state index < -0.39 is 14.4 Å². The molecule has 2 N–H and O–H groups in total. The molecule has 0 saturated carbocycles. The summed E-state index contributed by atoms with van der Waals surface area (Å²) in [5.41, 5.74) is 8.08. The lowest BCUT2D eigenvalue weighted by molar-refractivity contribution is 0.176. The highest BCUT2D eigenvalue weighted by atomic mass is 28.4. The summed E-state index contributed by atoms with van der Waals surface area (Å²) in [6.07, 6.45) is 20.2. The van der Waals surface area contributed by atoms with E-state index in [9.17, 15) is 5.11 Å². The summed E-state index contributed by atoms with van der Waals surface area (Å²) < 4.78 is 12.1. The van der Waals surface area contributed by atoms with E-state index in [2.05, 4.69) is 111 Å². The SMILES string of the molecule is COc1cc(C(O)CNC/C=C(\C)CC/C=C(\C)CCC=C(C)CCC=C(C)CCC=C(C)C)ccc1O[Si](C)(C)C(C)(C)C. The maximum absolute atomic E-state index is 10.8. The largest absolute Gasteiger partial charge is 0.541 e. The molecule has 0 aliphatic carbocycles. The van der Waals surface area contributed by atoms with Gasteiger partial charge >= 0.3 is 0 Å². The first-order chi connectivity index (χ1) is 21.1. The van der Waals surface area contributed by atoms with Gasteiger partial charge in [0, 0.05) is 13.1 Å². The molecule has 5 heteroatoms. The molecule has 45 heavy (non-hydrogen) atoms. The summed E-state index contributed by atoms with van der Waals surface area (Å²) in [5, 5.41) is 14.3. The van der Waals surface area contributed by atoms with Crippen molar-refractivity contribution in [2.45, 2.75) is 138 Å². The molecule has 1 atom stereocenters. The first kappa shape index (κ1) is 40.7. The first-order valence-corrected chi connectivity index (χ1v) is 20.0. The van der Waals surface area contributed by atoms with Crippen LogP contribution in [0.1, 0.15) is 125 Å². The minimum atomic E-state index is -1.98. The molecule has 254 valence electrons. The molecule has 4 nitrogen and oxygen atoms in total. The first-order valence-electron chi connectivity index (χ1n) is 17.1. The molecule has 0 aliphatic heterocycles. The molecule has 1 aromatic carbocycles. The second kappa shape index (κ2) is 20.7. The van der Waals surface area contributed by atoms with Gasteiger partial charge in [-0.05, 0) is 129 Å². The molecule has 1 rings (SSSR count). The average molecular weight is 638 g/mol. The number of benzene rings is 1. The molecule has 0 heterocycles. The zero-order valence-electron chi connectivity index (χ0n) is 31.0. The average Bonchev–Trinajstić information content (AvgIpc) is 2.94. The van der Waals surface area contributed by atoms with Gasteiger partial charge < -0.3 is 19.6 Å². The lowest BCUT2D eigenvalue weighted by Gasteiger charge is -2.36. The number of hydrogen-bond donors (Lipinski definition) is 2.